The highest BCUT2D eigenvalue weighted by Crippen LogP contribution is 2.18. The van der Waals surface area contributed by atoms with Crippen LogP contribution in [0.4, 0.5) is 0 Å². The predicted molar refractivity (Wildman–Crippen MR) is 65.3 cm³/mol. The van der Waals surface area contributed by atoms with Crippen LogP contribution in [0.5, 0.6) is 0 Å². The number of benzene rings is 1. The molecule has 0 saturated heterocycles. The molecule has 0 saturated carbocycles. The van der Waals surface area contributed by atoms with Crippen molar-refractivity contribution in [2.75, 3.05) is 7.11 Å². The van der Waals surface area contributed by atoms with Crippen molar-refractivity contribution in [1.29, 1.82) is 0 Å². The average molecular weight is 237 g/mol. The van der Waals surface area contributed by atoms with Crippen LogP contribution in [0.15, 0.2) is 18.2 Å². The average Bonchev–Trinajstić information content (AvgIpc) is 2.22. The molecule has 82 valence electrons. The van der Waals surface area contributed by atoms with E-state index in [1.54, 1.807) is 6.07 Å². The van der Waals surface area contributed by atoms with Crippen molar-refractivity contribution in [2.24, 2.45) is 0 Å². The molecule has 1 rings (SSSR count). The van der Waals surface area contributed by atoms with Gasteiger partial charge in [-0.25, -0.2) is 0 Å². The first-order valence-corrected chi connectivity index (χ1v) is 5.37. The van der Waals surface area contributed by atoms with Gasteiger partial charge in [-0.2, -0.15) is 0 Å². The largest absolute Gasteiger partial charge is 0.400 e. The summed E-state index contributed by atoms with van der Waals surface area (Å²) in [5.74, 6) is 0. The zero-order valence-electron chi connectivity index (χ0n) is 9.14. The summed E-state index contributed by atoms with van der Waals surface area (Å²) in [5, 5.41) is 8.42. The molecule has 0 aliphatic carbocycles. The Labute approximate surface area is 96.7 Å². The van der Waals surface area contributed by atoms with Crippen molar-refractivity contribution in [2.45, 2.75) is 27.2 Å². The smallest absolute Gasteiger partial charge is 0.0423 e. The van der Waals surface area contributed by atoms with Gasteiger partial charge in [0.2, 0.25) is 0 Å². The van der Waals surface area contributed by atoms with Crippen LogP contribution in [0.2, 0.25) is 10.0 Å². The Morgan fingerprint density at radius 2 is 1.36 bits per heavy atom. The van der Waals surface area contributed by atoms with Gasteiger partial charge in [0, 0.05) is 17.2 Å². The highest BCUT2D eigenvalue weighted by Gasteiger charge is 1.94. The van der Waals surface area contributed by atoms with Gasteiger partial charge in [-0.1, -0.05) is 44.0 Å². The molecule has 1 nitrogen and oxygen atoms in total. The molecule has 0 unspecified atom stereocenters. The Balaban J connectivity index is 0. The number of aryl methyl sites for hydroxylation is 1. The summed E-state index contributed by atoms with van der Waals surface area (Å²) < 4.78 is 0. The first kappa shape index (κ1) is 16.2. The van der Waals surface area contributed by atoms with Gasteiger partial charge in [0.25, 0.3) is 0 Å². The van der Waals surface area contributed by atoms with Crippen LogP contribution in [0, 0.1) is 0 Å². The van der Waals surface area contributed by atoms with Crippen LogP contribution in [0.25, 0.3) is 0 Å². The van der Waals surface area contributed by atoms with Gasteiger partial charge in [-0.15, -0.1) is 0 Å². The third-order valence-corrected chi connectivity index (χ3v) is 1.77. The number of hydrogen-bond acceptors (Lipinski definition) is 1. The first-order valence-electron chi connectivity index (χ1n) is 4.62. The molecule has 1 aromatic rings. The summed E-state index contributed by atoms with van der Waals surface area (Å²) >= 11 is 11.5. The maximum absolute atomic E-state index is 7.00. The maximum atomic E-state index is 7.00. The second-order valence-electron chi connectivity index (χ2n) is 2.13. The minimum atomic E-state index is 0.712. The Bertz CT molecular complexity index is 216. The van der Waals surface area contributed by atoms with E-state index in [1.807, 2.05) is 26.0 Å². The van der Waals surface area contributed by atoms with E-state index >= 15 is 0 Å². The molecular formula is C11H18Cl2O. The lowest BCUT2D eigenvalue weighted by Gasteiger charge is -1.97. The van der Waals surface area contributed by atoms with Crippen molar-refractivity contribution < 1.29 is 5.11 Å². The molecule has 0 aliphatic heterocycles. The van der Waals surface area contributed by atoms with E-state index in [0.29, 0.717) is 10.0 Å². The number of hydrogen-bond donors (Lipinski definition) is 1. The lowest BCUT2D eigenvalue weighted by Crippen LogP contribution is -1.78. The van der Waals surface area contributed by atoms with E-state index in [9.17, 15) is 0 Å². The van der Waals surface area contributed by atoms with Crippen LogP contribution in [0.3, 0.4) is 0 Å². The van der Waals surface area contributed by atoms with Gasteiger partial charge < -0.3 is 5.11 Å². The zero-order valence-corrected chi connectivity index (χ0v) is 10.7. The molecule has 0 bridgehead atoms. The number of halogens is 2. The van der Waals surface area contributed by atoms with Crippen LogP contribution < -0.4 is 0 Å². The first-order chi connectivity index (χ1) is 6.72. The second kappa shape index (κ2) is 10.8. The van der Waals surface area contributed by atoms with E-state index in [0.717, 1.165) is 13.5 Å². The van der Waals surface area contributed by atoms with E-state index in [1.165, 1.54) is 5.56 Å². The number of aliphatic hydroxyl groups excluding tert-OH is 1. The molecular weight excluding hydrogens is 219 g/mol. The van der Waals surface area contributed by atoms with Crippen molar-refractivity contribution in [1.82, 2.24) is 0 Å². The Kier molecular flexibility index (Phi) is 12.5. The summed E-state index contributed by atoms with van der Waals surface area (Å²) in [6.45, 7) is 6.07. The SMILES string of the molecule is CC.CCc1cc(Cl)cc(Cl)c1.CO. The monoisotopic (exact) mass is 236 g/mol. The zero-order chi connectivity index (χ0) is 11.6. The molecule has 3 heteroatoms. The van der Waals surface area contributed by atoms with Gasteiger partial charge in [-0.05, 0) is 30.2 Å². The molecule has 1 aromatic carbocycles. The lowest BCUT2D eigenvalue weighted by molar-refractivity contribution is 0.399. The number of aliphatic hydroxyl groups is 1. The molecule has 0 radical (unpaired) electrons. The van der Waals surface area contributed by atoms with Gasteiger partial charge >= 0.3 is 0 Å². The molecule has 0 amide bonds. The highest BCUT2D eigenvalue weighted by atomic mass is 35.5. The quantitative estimate of drug-likeness (QED) is 0.776. The molecule has 0 aliphatic rings. The Hall–Kier alpha value is -0.240. The topological polar surface area (TPSA) is 20.2 Å². The highest BCUT2D eigenvalue weighted by molar-refractivity contribution is 6.34. The fourth-order valence-electron chi connectivity index (χ4n) is 0.815. The van der Waals surface area contributed by atoms with E-state index in [2.05, 4.69) is 6.92 Å². The van der Waals surface area contributed by atoms with E-state index in [-0.39, 0.29) is 0 Å². The molecule has 0 atom stereocenters. The van der Waals surface area contributed by atoms with Crippen molar-refractivity contribution in [3.05, 3.63) is 33.8 Å². The molecule has 0 spiro atoms. The molecule has 14 heavy (non-hydrogen) atoms. The normalized spacial score (nSPS) is 7.93. The maximum Gasteiger partial charge on any atom is 0.0423 e. The van der Waals surface area contributed by atoms with Gasteiger partial charge in [0.15, 0.2) is 0 Å². The van der Waals surface area contributed by atoms with Gasteiger partial charge in [0.1, 0.15) is 0 Å². The Morgan fingerprint density at radius 1 is 1.00 bits per heavy atom. The minimum Gasteiger partial charge on any atom is -0.400 e. The number of rotatable bonds is 1. The summed E-state index contributed by atoms with van der Waals surface area (Å²) in [7, 11) is 1.00. The predicted octanol–water partition coefficient (Wildman–Crippen LogP) is 4.19. The molecule has 0 heterocycles. The lowest BCUT2D eigenvalue weighted by atomic mass is 10.2. The second-order valence-corrected chi connectivity index (χ2v) is 3.00. The molecule has 0 aromatic heterocycles. The minimum absolute atomic E-state index is 0.712. The molecule has 0 fully saturated rings. The summed E-state index contributed by atoms with van der Waals surface area (Å²) in [4.78, 5) is 0. The third kappa shape index (κ3) is 7.19. The fourth-order valence-corrected chi connectivity index (χ4v) is 1.39. The standard InChI is InChI=1S/C8H8Cl2.C2H6.CH4O/c1-2-6-3-7(9)5-8(10)4-6;2*1-2/h3-5H,2H2,1H3;1-2H3;2H,1H3. The van der Waals surface area contributed by atoms with Crippen molar-refractivity contribution in [3.63, 3.8) is 0 Å². The van der Waals surface area contributed by atoms with Crippen LogP contribution in [-0.2, 0) is 6.42 Å². The molecule has 1 N–H and O–H groups in total. The van der Waals surface area contributed by atoms with Crippen LogP contribution in [0.1, 0.15) is 26.3 Å². The fraction of sp³-hybridized carbons (Fsp3) is 0.455. The van der Waals surface area contributed by atoms with Crippen molar-refractivity contribution >= 4 is 23.2 Å². The van der Waals surface area contributed by atoms with Crippen LogP contribution >= 0.6 is 23.2 Å². The van der Waals surface area contributed by atoms with Gasteiger partial charge in [0.05, 0.1) is 0 Å². The van der Waals surface area contributed by atoms with E-state index < -0.39 is 0 Å². The van der Waals surface area contributed by atoms with Crippen LogP contribution in [-0.4, -0.2) is 12.2 Å². The third-order valence-electron chi connectivity index (χ3n) is 1.33. The van der Waals surface area contributed by atoms with Crippen molar-refractivity contribution in [3.8, 4) is 0 Å². The summed E-state index contributed by atoms with van der Waals surface area (Å²) in [6.07, 6.45) is 0.972. The summed E-state index contributed by atoms with van der Waals surface area (Å²) in [5.41, 5.74) is 1.18. The summed E-state index contributed by atoms with van der Waals surface area (Å²) in [6, 6.07) is 5.59. The van der Waals surface area contributed by atoms with Gasteiger partial charge in [-0.3, -0.25) is 0 Å². The Morgan fingerprint density at radius 3 is 1.64 bits per heavy atom. The van der Waals surface area contributed by atoms with E-state index in [4.69, 9.17) is 28.3 Å².